The Labute approximate surface area is 131 Å². The number of halogens is 1. The molecular weight excluding hydrogens is 305 g/mol. The van der Waals surface area contributed by atoms with Gasteiger partial charge in [-0.1, -0.05) is 18.2 Å². The summed E-state index contributed by atoms with van der Waals surface area (Å²) in [7, 11) is 0. The van der Waals surface area contributed by atoms with E-state index in [-0.39, 0.29) is 11.9 Å². The monoisotopic (exact) mass is 319 g/mol. The van der Waals surface area contributed by atoms with Crippen LogP contribution in [0.15, 0.2) is 41.8 Å². The number of thiophene rings is 1. The zero-order chi connectivity index (χ0) is 14.8. The number of rotatable bonds is 4. The van der Waals surface area contributed by atoms with Gasteiger partial charge >= 0.3 is 0 Å². The smallest absolute Gasteiger partial charge is 0.195 e. The average molecular weight is 319 g/mol. The second-order valence-corrected chi connectivity index (χ2v) is 6.21. The lowest BCUT2D eigenvalue weighted by Gasteiger charge is -2.15. The standard InChI is InChI=1S/C15H14FN3S2/c1-10(9-11-4-6-12(16)7-5-11)19-14(17-18-15(19)20)13-3-2-8-21-13/h2-8,10H,9H2,1H3,(H,18,20). The Bertz CT molecular complexity index is 772. The first-order chi connectivity index (χ1) is 10.1. The molecule has 0 bridgehead atoms. The molecule has 3 aromatic rings. The number of H-pyrrole nitrogens is 1. The third-order valence-corrected chi connectivity index (χ3v) is 4.48. The van der Waals surface area contributed by atoms with Gasteiger partial charge in [-0.25, -0.2) is 4.39 Å². The van der Waals surface area contributed by atoms with Crippen LogP contribution in [0.5, 0.6) is 0 Å². The average Bonchev–Trinajstić information content (AvgIpc) is 3.10. The van der Waals surface area contributed by atoms with Gasteiger partial charge in [0.25, 0.3) is 0 Å². The largest absolute Gasteiger partial charge is 0.296 e. The Hall–Kier alpha value is -1.79. The molecule has 1 N–H and O–H groups in total. The van der Waals surface area contributed by atoms with Crippen molar-refractivity contribution in [2.24, 2.45) is 0 Å². The van der Waals surface area contributed by atoms with Crippen LogP contribution in [0.4, 0.5) is 4.39 Å². The van der Waals surface area contributed by atoms with Crippen molar-refractivity contribution >= 4 is 23.6 Å². The van der Waals surface area contributed by atoms with E-state index in [0.29, 0.717) is 4.77 Å². The first-order valence-electron chi connectivity index (χ1n) is 6.60. The summed E-state index contributed by atoms with van der Waals surface area (Å²) in [6.07, 6.45) is 0.770. The number of benzene rings is 1. The normalized spacial score (nSPS) is 12.5. The predicted molar refractivity (Wildman–Crippen MR) is 85.5 cm³/mol. The molecule has 3 nitrogen and oxygen atoms in total. The van der Waals surface area contributed by atoms with E-state index < -0.39 is 0 Å². The lowest BCUT2D eigenvalue weighted by atomic mass is 10.1. The third-order valence-electron chi connectivity index (χ3n) is 3.33. The lowest BCUT2D eigenvalue weighted by Crippen LogP contribution is -2.10. The number of nitrogens with one attached hydrogen (secondary N) is 1. The Balaban J connectivity index is 1.91. The van der Waals surface area contributed by atoms with E-state index in [4.69, 9.17) is 12.2 Å². The summed E-state index contributed by atoms with van der Waals surface area (Å²) >= 11 is 6.98. The van der Waals surface area contributed by atoms with Crippen LogP contribution in [0.2, 0.25) is 0 Å². The summed E-state index contributed by atoms with van der Waals surface area (Å²) in [4.78, 5) is 1.08. The van der Waals surface area contributed by atoms with Crippen molar-refractivity contribution in [1.29, 1.82) is 0 Å². The molecule has 0 radical (unpaired) electrons. The molecular formula is C15H14FN3S2. The number of nitrogens with zero attached hydrogens (tertiary/aromatic N) is 2. The fourth-order valence-corrected chi connectivity index (χ4v) is 3.37. The highest BCUT2D eigenvalue weighted by Crippen LogP contribution is 2.26. The van der Waals surface area contributed by atoms with Crippen molar-refractivity contribution in [3.05, 3.63) is 57.9 Å². The quantitative estimate of drug-likeness (QED) is 0.712. The maximum absolute atomic E-state index is 13.0. The van der Waals surface area contributed by atoms with Crippen LogP contribution < -0.4 is 0 Å². The molecule has 0 aliphatic carbocycles. The highest BCUT2D eigenvalue weighted by atomic mass is 32.1. The molecule has 6 heteroatoms. The molecule has 2 aromatic heterocycles. The van der Waals surface area contributed by atoms with Crippen LogP contribution in [-0.4, -0.2) is 14.8 Å². The molecule has 108 valence electrons. The molecule has 3 rings (SSSR count). The van der Waals surface area contributed by atoms with Crippen LogP contribution in [0.3, 0.4) is 0 Å². The summed E-state index contributed by atoms with van der Waals surface area (Å²) in [5.74, 6) is 0.634. The molecule has 1 aromatic carbocycles. The van der Waals surface area contributed by atoms with Gasteiger partial charge in [-0.3, -0.25) is 9.67 Å². The molecule has 0 amide bonds. The first kappa shape index (κ1) is 14.2. The third kappa shape index (κ3) is 2.96. The zero-order valence-electron chi connectivity index (χ0n) is 11.4. The Morgan fingerprint density at radius 2 is 2.10 bits per heavy atom. The lowest BCUT2D eigenvalue weighted by molar-refractivity contribution is 0.541. The summed E-state index contributed by atoms with van der Waals surface area (Å²) in [5.41, 5.74) is 1.07. The zero-order valence-corrected chi connectivity index (χ0v) is 13.0. The highest BCUT2D eigenvalue weighted by molar-refractivity contribution is 7.71. The SMILES string of the molecule is CC(Cc1ccc(F)cc1)n1c(-c2cccs2)n[nH]c1=S. The van der Waals surface area contributed by atoms with Crippen molar-refractivity contribution in [2.45, 2.75) is 19.4 Å². The molecule has 2 heterocycles. The van der Waals surface area contributed by atoms with Gasteiger partial charge < -0.3 is 0 Å². The van der Waals surface area contributed by atoms with Gasteiger partial charge in [0.15, 0.2) is 10.6 Å². The minimum absolute atomic E-state index is 0.138. The molecule has 0 fully saturated rings. The topological polar surface area (TPSA) is 33.6 Å². The van der Waals surface area contributed by atoms with Gasteiger partial charge in [-0.15, -0.1) is 11.3 Å². The maximum Gasteiger partial charge on any atom is 0.195 e. The molecule has 0 aliphatic heterocycles. The van der Waals surface area contributed by atoms with E-state index >= 15 is 0 Å². The van der Waals surface area contributed by atoms with Gasteiger partial charge in [0, 0.05) is 6.04 Å². The first-order valence-corrected chi connectivity index (χ1v) is 7.89. The number of aromatic amines is 1. The molecule has 21 heavy (non-hydrogen) atoms. The van der Waals surface area contributed by atoms with Crippen molar-refractivity contribution < 1.29 is 4.39 Å². The van der Waals surface area contributed by atoms with Crippen LogP contribution in [-0.2, 0) is 6.42 Å². The van der Waals surface area contributed by atoms with Gasteiger partial charge in [0.05, 0.1) is 4.88 Å². The maximum atomic E-state index is 13.0. The highest BCUT2D eigenvalue weighted by Gasteiger charge is 2.15. The van der Waals surface area contributed by atoms with Crippen molar-refractivity contribution in [3.63, 3.8) is 0 Å². The van der Waals surface area contributed by atoms with Gasteiger partial charge in [0.1, 0.15) is 5.82 Å². The van der Waals surface area contributed by atoms with E-state index in [9.17, 15) is 4.39 Å². The van der Waals surface area contributed by atoms with Gasteiger partial charge in [-0.2, -0.15) is 5.10 Å². The van der Waals surface area contributed by atoms with E-state index in [1.165, 1.54) is 12.1 Å². The Kier molecular flexibility index (Phi) is 3.98. The Morgan fingerprint density at radius 3 is 2.76 bits per heavy atom. The van der Waals surface area contributed by atoms with Crippen molar-refractivity contribution in [1.82, 2.24) is 14.8 Å². The number of hydrogen-bond acceptors (Lipinski definition) is 3. The second-order valence-electron chi connectivity index (χ2n) is 4.88. The summed E-state index contributed by atoms with van der Waals surface area (Å²) < 4.78 is 15.6. The molecule has 1 atom stereocenters. The van der Waals surface area contributed by atoms with E-state index in [2.05, 4.69) is 17.1 Å². The van der Waals surface area contributed by atoms with Crippen molar-refractivity contribution in [2.75, 3.05) is 0 Å². The van der Waals surface area contributed by atoms with E-state index in [1.54, 1.807) is 23.5 Å². The minimum atomic E-state index is -0.217. The van der Waals surface area contributed by atoms with Gasteiger partial charge in [-0.05, 0) is 54.7 Å². The van der Waals surface area contributed by atoms with Crippen LogP contribution in [0.1, 0.15) is 18.5 Å². The van der Waals surface area contributed by atoms with Gasteiger partial charge in [0.2, 0.25) is 0 Å². The minimum Gasteiger partial charge on any atom is -0.296 e. The van der Waals surface area contributed by atoms with Crippen molar-refractivity contribution in [3.8, 4) is 10.7 Å². The number of aromatic nitrogens is 3. The van der Waals surface area contributed by atoms with E-state index in [0.717, 1.165) is 22.7 Å². The summed E-state index contributed by atoms with van der Waals surface area (Å²) in [6.45, 7) is 2.09. The van der Waals surface area contributed by atoms with Crippen LogP contribution in [0, 0.1) is 10.6 Å². The summed E-state index contributed by atoms with van der Waals surface area (Å²) in [6, 6.07) is 10.7. The molecule has 0 saturated carbocycles. The predicted octanol–water partition coefficient (Wildman–Crippen LogP) is 4.61. The van der Waals surface area contributed by atoms with Crippen LogP contribution >= 0.6 is 23.6 Å². The molecule has 0 spiro atoms. The van der Waals surface area contributed by atoms with Crippen LogP contribution in [0.25, 0.3) is 10.7 Å². The number of hydrogen-bond donors (Lipinski definition) is 1. The Morgan fingerprint density at radius 1 is 1.33 bits per heavy atom. The second kappa shape index (κ2) is 5.91. The molecule has 0 aliphatic rings. The fraction of sp³-hybridized carbons (Fsp3) is 0.200. The fourth-order valence-electron chi connectivity index (χ4n) is 2.35. The van der Waals surface area contributed by atoms with E-state index in [1.807, 2.05) is 22.1 Å². The molecule has 1 unspecified atom stereocenters. The molecule has 0 saturated heterocycles. The summed E-state index contributed by atoms with van der Waals surface area (Å²) in [5, 5.41) is 9.21.